The maximum absolute atomic E-state index is 13.6. The van der Waals surface area contributed by atoms with E-state index in [0.717, 1.165) is 36.8 Å². The van der Waals surface area contributed by atoms with Crippen LogP contribution in [0.2, 0.25) is 5.02 Å². The number of carbonyl (C=O) groups is 1. The molecule has 0 bridgehead atoms. The molecule has 35 heavy (non-hydrogen) atoms. The van der Waals surface area contributed by atoms with Crippen molar-refractivity contribution in [2.75, 3.05) is 4.31 Å². The Morgan fingerprint density at radius 2 is 1.60 bits per heavy atom. The largest absolute Gasteiger partial charge is 0.349 e. The first-order chi connectivity index (χ1) is 16.8. The van der Waals surface area contributed by atoms with Crippen molar-refractivity contribution in [3.8, 4) is 0 Å². The van der Waals surface area contributed by atoms with E-state index in [9.17, 15) is 13.2 Å². The summed E-state index contributed by atoms with van der Waals surface area (Å²) >= 11 is 6.24. The molecule has 7 heteroatoms. The average Bonchev–Trinajstić information content (AvgIpc) is 3.13. The zero-order chi connectivity index (χ0) is 24.8. The summed E-state index contributed by atoms with van der Waals surface area (Å²) in [5.74, 6) is -0.0806. The molecular formula is C28H31ClN2O3S. The number of amides is 1. The van der Waals surface area contributed by atoms with Crippen LogP contribution in [0.15, 0.2) is 77.7 Å². The number of rotatable bonds is 7. The lowest BCUT2D eigenvalue weighted by molar-refractivity contribution is 0.0933. The van der Waals surface area contributed by atoms with Gasteiger partial charge in [0.2, 0.25) is 0 Å². The second-order valence-electron chi connectivity index (χ2n) is 9.11. The number of halogens is 1. The lowest BCUT2D eigenvalue weighted by atomic mass is 10.1. The first-order valence-electron chi connectivity index (χ1n) is 12.1. The first-order valence-corrected chi connectivity index (χ1v) is 13.9. The molecule has 3 aromatic rings. The second-order valence-corrected chi connectivity index (χ2v) is 11.4. The lowest BCUT2D eigenvalue weighted by Crippen LogP contribution is -2.34. The predicted molar refractivity (Wildman–Crippen MR) is 141 cm³/mol. The van der Waals surface area contributed by atoms with Gasteiger partial charge in [-0.1, -0.05) is 73.7 Å². The van der Waals surface area contributed by atoms with Crippen LogP contribution in [0.1, 0.15) is 60.0 Å². The minimum atomic E-state index is -3.85. The van der Waals surface area contributed by atoms with Gasteiger partial charge in [0.1, 0.15) is 0 Å². The molecular weight excluding hydrogens is 480 g/mol. The molecule has 0 heterocycles. The molecule has 1 aliphatic rings. The summed E-state index contributed by atoms with van der Waals surface area (Å²) in [5, 5.41) is 3.62. The molecule has 4 rings (SSSR count). The smallest absolute Gasteiger partial charge is 0.264 e. The third-order valence-corrected chi connectivity index (χ3v) is 8.51. The van der Waals surface area contributed by atoms with Gasteiger partial charge in [0, 0.05) is 16.6 Å². The van der Waals surface area contributed by atoms with Crippen LogP contribution < -0.4 is 9.62 Å². The third-order valence-electron chi connectivity index (χ3n) is 6.50. The average molecular weight is 511 g/mol. The van der Waals surface area contributed by atoms with E-state index in [1.807, 2.05) is 25.1 Å². The Labute approximate surface area is 213 Å². The van der Waals surface area contributed by atoms with Crippen molar-refractivity contribution < 1.29 is 13.2 Å². The highest BCUT2D eigenvalue weighted by Crippen LogP contribution is 2.31. The van der Waals surface area contributed by atoms with Crippen LogP contribution >= 0.6 is 11.6 Å². The van der Waals surface area contributed by atoms with Crippen molar-refractivity contribution in [2.45, 2.75) is 62.9 Å². The van der Waals surface area contributed by atoms with E-state index in [2.05, 4.69) is 5.32 Å². The van der Waals surface area contributed by atoms with E-state index in [0.29, 0.717) is 16.3 Å². The molecule has 0 spiro atoms. The van der Waals surface area contributed by atoms with Crippen LogP contribution in [0.4, 0.5) is 5.69 Å². The topological polar surface area (TPSA) is 66.5 Å². The lowest BCUT2D eigenvalue weighted by Gasteiger charge is -2.26. The molecule has 0 unspecified atom stereocenters. The number of benzene rings is 3. The van der Waals surface area contributed by atoms with Crippen molar-refractivity contribution in [1.82, 2.24) is 5.32 Å². The molecule has 0 saturated heterocycles. The number of hydrogen-bond acceptors (Lipinski definition) is 3. The zero-order valence-corrected chi connectivity index (χ0v) is 21.5. The normalized spacial score (nSPS) is 14.8. The summed E-state index contributed by atoms with van der Waals surface area (Å²) in [7, 11) is -3.85. The predicted octanol–water partition coefficient (Wildman–Crippen LogP) is 6.50. The molecule has 1 aliphatic carbocycles. The van der Waals surface area contributed by atoms with Crippen LogP contribution in [0.5, 0.6) is 0 Å². The Balaban J connectivity index is 1.59. The molecule has 1 fully saturated rings. The minimum Gasteiger partial charge on any atom is -0.349 e. The minimum absolute atomic E-state index is 0.0806. The number of carbonyl (C=O) groups excluding carboxylic acids is 1. The Hall–Kier alpha value is -2.83. The molecule has 184 valence electrons. The molecule has 3 aromatic carbocycles. The number of nitrogens with zero attached hydrogens (tertiary/aromatic N) is 1. The van der Waals surface area contributed by atoms with Gasteiger partial charge in [-0.3, -0.25) is 9.10 Å². The third kappa shape index (κ3) is 6.24. The first kappa shape index (κ1) is 25.3. The second kappa shape index (κ2) is 11.3. The fourth-order valence-corrected chi connectivity index (χ4v) is 6.19. The van der Waals surface area contributed by atoms with E-state index in [1.165, 1.54) is 17.1 Å². The highest BCUT2D eigenvalue weighted by atomic mass is 35.5. The number of hydrogen-bond donors (Lipinski definition) is 1. The number of sulfonamides is 1. The van der Waals surface area contributed by atoms with Gasteiger partial charge in [0.25, 0.3) is 15.9 Å². The molecule has 1 saturated carbocycles. The van der Waals surface area contributed by atoms with E-state index in [4.69, 9.17) is 11.6 Å². The van der Waals surface area contributed by atoms with Crippen molar-refractivity contribution in [3.63, 3.8) is 0 Å². The quantitative estimate of drug-likeness (QED) is 0.369. The van der Waals surface area contributed by atoms with Gasteiger partial charge < -0.3 is 5.32 Å². The van der Waals surface area contributed by atoms with Gasteiger partial charge >= 0.3 is 0 Å². The molecule has 0 atom stereocenters. The Kier molecular flexibility index (Phi) is 8.14. The van der Waals surface area contributed by atoms with Crippen molar-refractivity contribution in [2.24, 2.45) is 0 Å². The van der Waals surface area contributed by atoms with E-state index >= 15 is 0 Å². The SMILES string of the molecule is Cc1ccc(Cl)cc1N(Cc1ccc(C(=O)NC2CCCCCC2)cc1)S(=O)(=O)c1ccccc1. The standard InChI is InChI=1S/C28H31ClN2O3S/c1-21-13-18-24(29)19-27(21)31(35(33,34)26-11-7-4-8-12-26)20-22-14-16-23(17-15-22)28(32)30-25-9-5-2-3-6-10-25/h4,7-8,11-19,25H,2-3,5-6,9-10,20H2,1H3,(H,30,32). The van der Waals surface area contributed by atoms with Gasteiger partial charge in [-0.2, -0.15) is 0 Å². The fraction of sp³-hybridized carbons (Fsp3) is 0.321. The van der Waals surface area contributed by atoms with Crippen LogP contribution in [0.3, 0.4) is 0 Å². The molecule has 0 radical (unpaired) electrons. The summed E-state index contributed by atoms with van der Waals surface area (Å²) < 4.78 is 28.7. The highest BCUT2D eigenvalue weighted by Gasteiger charge is 2.26. The van der Waals surface area contributed by atoms with Crippen molar-refractivity contribution in [3.05, 3.63) is 94.5 Å². The Morgan fingerprint density at radius 1 is 0.943 bits per heavy atom. The Morgan fingerprint density at radius 3 is 2.26 bits per heavy atom. The number of aryl methyl sites for hydroxylation is 1. The Bertz CT molecular complexity index is 1250. The maximum atomic E-state index is 13.6. The van der Waals surface area contributed by atoms with Crippen molar-refractivity contribution >= 4 is 33.2 Å². The van der Waals surface area contributed by atoms with Crippen LogP contribution in [-0.4, -0.2) is 20.4 Å². The van der Waals surface area contributed by atoms with Gasteiger partial charge in [0.05, 0.1) is 17.1 Å². The fourth-order valence-electron chi connectivity index (χ4n) is 4.49. The summed E-state index contributed by atoms with van der Waals surface area (Å²) in [4.78, 5) is 13.0. The molecule has 1 amide bonds. The summed E-state index contributed by atoms with van der Waals surface area (Å²) in [6.45, 7) is 1.98. The summed E-state index contributed by atoms with van der Waals surface area (Å²) in [6, 6.07) is 21.0. The van der Waals surface area contributed by atoms with Gasteiger partial charge in [-0.25, -0.2) is 8.42 Å². The monoisotopic (exact) mass is 510 g/mol. The molecule has 0 aromatic heterocycles. The maximum Gasteiger partial charge on any atom is 0.264 e. The molecule has 0 aliphatic heterocycles. The van der Waals surface area contributed by atoms with Crippen LogP contribution in [0, 0.1) is 6.92 Å². The van der Waals surface area contributed by atoms with Crippen LogP contribution in [-0.2, 0) is 16.6 Å². The van der Waals surface area contributed by atoms with E-state index < -0.39 is 10.0 Å². The van der Waals surface area contributed by atoms with E-state index in [-0.39, 0.29) is 23.4 Å². The van der Waals surface area contributed by atoms with Gasteiger partial charge in [0.15, 0.2) is 0 Å². The van der Waals surface area contributed by atoms with E-state index in [1.54, 1.807) is 54.6 Å². The van der Waals surface area contributed by atoms with Crippen molar-refractivity contribution in [1.29, 1.82) is 0 Å². The zero-order valence-electron chi connectivity index (χ0n) is 19.9. The number of anilines is 1. The molecule has 1 N–H and O–H groups in total. The van der Waals surface area contributed by atoms with Gasteiger partial charge in [-0.05, 0) is 67.3 Å². The van der Waals surface area contributed by atoms with Gasteiger partial charge in [-0.15, -0.1) is 0 Å². The number of nitrogens with one attached hydrogen (secondary N) is 1. The highest BCUT2D eigenvalue weighted by molar-refractivity contribution is 7.92. The van der Waals surface area contributed by atoms with Crippen LogP contribution in [0.25, 0.3) is 0 Å². The summed E-state index contributed by atoms with van der Waals surface area (Å²) in [6.07, 6.45) is 6.81. The molecule has 5 nitrogen and oxygen atoms in total. The summed E-state index contributed by atoms with van der Waals surface area (Å²) in [5.41, 5.74) is 2.68.